The number of hydrogen-bond acceptors (Lipinski definition) is 1. The number of hydrogen-bond donors (Lipinski definition) is 1. The van der Waals surface area contributed by atoms with E-state index in [9.17, 15) is 4.79 Å². The molecule has 1 N–H and O–H groups in total. The second-order valence-corrected chi connectivity index (χ2v) is 4.85. The molecule has 0 aliphatic carbocycles. The number of carbonyl (C=O) groups excluding carboxylic acids is 1. The van der Waals surface area contributed by atoms with Gasteiger partial charge in [0.15, 0.2) is 0 Å². The quantitative estimate of drug-likeness (QED) is 0.830. The molecule has 3 heteroatoms. The van der Waals surface area contributed by atoms with Gasteiger partial charge in [-0.2, -0.15) is 0 Å². The molecule has 0 saturated carbocycles. The zero-order valence-corrected chi connectivity index (χ0v) is 11.8. The third-order valence-corrected chi connectivity index (χ3v) is 3.44. The predicted molar refractivity (Wildman–Crippen MR) is 79.9 cm³/mol. The molecular formula is C16H16ClNO. The minimum atomic E-state index is -0.0956. The van der Waals surface area contributed by atoms with Crippen molar-refractivity contribution in [1.29, 1.82) is 0 Å². The molecule has 0 radical (unpaired) electrons. The van der Waals surface area contributed by atoms with Gasteiger partial charge in [0.1, 0.15) is 0 Å². The molecule has 2 aromatic rings. The van der Waals surface area contributed by atoms with Crippen LogP contribution in [0.5, 0.6) is 0 Å². The lowest BCUT2D eigenvalue weighted by atomic mass is 10.1. The molecule has 19 heavy (non-hydrogen) atoms. The zero-order chi connectivity index (χ0) is 13.8. The highest BCUT2D eigenvalue weighted by Crippen LogP contribution is 2.14. The monoisotopic (exact) mass is 273 g/mol. The fraction of sp³-hybridized carbons (Fsp3) is 0.188. The topological polar surface area (TPSA) is 29.1 Å². The summed E-state index contributed by atoms with van der Waals surface area (Å²) in [5.41, 5.74) is 4.78. The standard InChI is InChI=1S/C16H16ClNO/c1-11-3-6-14(9-12(11)2)16(19)18-15-7-4-13(10-17)5-8-15/h3-9H,10H2,1-2H3,(H,18,19). The van der Waals surface area contributed by atoms with Crippen LogP contribution >= 0.6 is 11.6 Å². The zero-order valence-electron chi connectivity index (χ0n) is 11.0. The second kappa shape index (κ2) is 5.89. The van der Waals surface area contributed by atoms with Gasteiger partial charge in [-0.05, 0) is 54.8 Å². The van der Waals surface area contributed by atoms with Crippen LogP contribution in [0.2, 0.25) is 0 Å². The summed E-state index contributed by atoms with van der Waals surface area (Å²) in [7, 11) is 0. The van der Waals surface area contributed by atoms with E-state index in [-0.39, 0.29) is 5.91 Å². The average molecular weight is 274 g/mol. The molecular weight excluding hydrogens is 258 g/mol. The van der Waals surface area contributed by atoms with Crippen molar-refractivity contribution >= 4 is 23.2 Å². The van der Waals surface area contributed by atoms with Crippen molar-refractivity contribution in [3.63, 3.8) is 0 Å². The first-order chi connectivity index (χ1) is 9.10. The van der Waals surface area contributed by atoms with Gasteiger partial charge in [-0.1, -0.05) is 18.2 Å². The lowest BCUT2D eigenvalue weighted by Gasteiger charge is -2.07. The normalized spacial score (nSPS) is 10.3. The molecule has 0 bridgehead atoms. The van der Waals surface area contributed by atoms with Gasteiger partial charge in [-0.25, -0.2) is 0 Å². The van der Waals surface area contributed by atoms with E-state index in [1.165, 1.54) is 5.56 Å². The van der Waals surface area contributed by atoms with Crippen molar-refractivity contribution in [1.82, 2.24) is 0 Å². The fourth-order valence-electron chi connectivity index (χ4n) is 1.76. The maximum Gasteiger partial charge on any atom is 0.255 e. The van der Waals surface area contributed by atoms with E-state index in [1.807, 2.05) is 56.3 Å². The first kappa shape index (κ1) is 13.6. The number of anilines is 1. The van der Waals surface area contributed by atoms with Crippen LogP contribution < -0.4 is 5.32 Å². The number of benzene rings is 2. The third-order valence-electron chi connectivity index (χ3n) is 3.14. The van der Waals surface area contributed by atoms with E-state index in [0.29, 0.717) is 11.4 Å². The maximum atomic E-state index is 12.1. The summed E-state index contributed by atoms with van der Waals surface area (Å²) in [6.45, 7) is 4.03. The Kier molecular flexibility index (Phi) is 4.23. The third kappa shape index (κ3) is 3.36. The molecule has 0 saturated heterocycles. The first-order valence-electron chi connectivity index (χ1n) is 6.13. The SMILES string of the molecule is Cc1ccc(C(=O)Nc2ccc(CCl)cc2)cc1C. The molecule has 0 aliphatic heterocycles. The van der Waals surface area contributed by atoms with Crippen LogP contribution in [0.15, 0.2) is 42.5 Å². The summed E-state index contributed by atoms with van der Waals surface area (Å²) < 4.78 is 0. The van der Waals surface area contributed by atoms with Gasteiger partial charge in [0.2, 0.25) is 0 Å². The molecule has 0 fully saturated rings. The Hall–Kier alpha value is -1.80. The summed E-state index contributed by atoms with van der Waals surface area (Å²) >= 11 is 5.73. The second-order valence-electron chi connectivity index (χ2n) is 4.58. The van der Waals surface area contributed by atoms with Crippen molar-refractivity contribution in [3.8, 4) is 0 Å². The van der Waals surface area contributed by atoms with Gasteiger partial charge in [0, 0.05) is 17.1 Å². The highest BCUT2D eigenvalue weighted by atomic mass is 35.5. The molecule has 0 atom stereocenters. The Morgan fingerprint density at radius 2 is 1.74 bits per heavy atom. The van der Waals surface area contributed by atoms with E-state index in [2.05, 4.69) is 5.32 Å². The van der Waals surface area contributed by atoms with Crippen LogP contribution in [0.1, 0.15) is 27.0 Å². The number of carbonyl (C=O) groups is 1. The number of alkyl halides is 1. The molecule has 0 unspecified atom stereocenters. The van der Waals surface area contributed by atoms with Crippen molar-refractivity contribution in [3.05, 3.63) is 64.7 Å². The van der Waals surface area contributed by atoms with Crippen molar-refractivity contribution < 1.29 is 4.79 Å². The molecule has 0 aromatic heterocycles. The first-order valence-corrected chi connectivity index (χ1v) is 6.67. The van der Waals surface area contributed by atoms with Gasteiger partial charge in [0.25, 0.3) is 5.91 Å². The molecule has 1 amide bonds. The van der Waals surface area contributed by atoms with Crippen LogP contribution in [0.3, 0.4) is 0 Å². The minimum absolute atomic E-state index is 0.0956. The highest BCUT2D eigenvalue weighted by molar-refractivity contribution is 6.17. The summed E-state index contributed by atoms with van der Waals surface area (Å²) in [5.74, 6) is 0.382. The smallest absolute Gasteiger partial charge is 0.255 e. The minimum Gasteiger partial charge on any atom is -0.322 e. The Bertz CT molecular complexity index is 590. The number of aryl methyl sites for hydroxylation is 2. The molecule has 0 spiro atoms. The van der Waals surface area contributed by atoms with Gasteiger partial charge < -0.3 is 5.32 Å². The summed E-state index contributed by atoms with van der Waals surface area (Å²) in [6.07, 6.45) is 0. The Morgan fingerprint density at radius 3 is 2.32 bits per heavy atom. The van der Waals surface area contributed by atoms with Crippen molar-refractivity contribution in [2.75, 3.05) is 5.32 Å². The fourth-order valence-corrected chi connectivity index (χ4v) is 1.94. The highest BCUT2D eigenvalue weighted by Gasteiger charge is 2.07. The van der Waals surface area contributed by atoms with Crippen LogP contribution in [-0.4, -0.2) is 5.91 Å². The largest absolute Gasteiger partial charge is 0.322 e. The summed E-state index contributed by atoms with van der Waals surface area (Å²) in [6, 6.07) is 13.2. The molecule has 0 aliphatic rings. The molecule has 2 nitrogen and oxygen atoms in total. The van der Waals surface area contributed by atoms with Crippen molar-refractivity contribution in [2.45, 2.75) is 19.7 Å². The maximum absolute atomic E-state index is 12.1. The Balaban J connectivity index is 2.13. The van der Waals surface area contributed by atoms with Crippen LogP contribution in [-0.2, 0) is 5.88 Å². The van der Waals surface area contributed by atoms with E-state index in [4.69, 9.17) is 11.6 Å². The molecule has 2 rings (SSSR count). The summed E-state index contributed by atoms with van der Waals surface area (Å²) in [4.78, 5) is 12.1. The van der Waals surface area contributed by atoms with Crippen molar-refractivity contribution in [2.24, 2.45) is 0 Å². The van der Waals surface area contributed by atoms with Crippen LogP contribution in [0, 0.1) is 13.8 Å². The van der Waals surface area contributed by atoms with Gasteiger partial charge in [-0.15, -0.1) is 11.6 Å². The summed E-state index contributed by atoms with van der Waals surface area (Å²) in [5, 5.41) is 2.87. The van der Waals surface area contributed by atoms with E-state index < -0.39 is 0 Å². The Morgan fingerprint density at radius 1 is 1.05 bits per heavy atom. The number of halogens is 1. The van der Waals surface area contributed by atoms with E-state index in [1.54, 1.807) is 0 Å². The van der Waals surface area contributed by atoms with E-state index in [0.717, 1.165) is 16.8 Å². The number of rotatable bonds is 3. The average Bonchev–Trinajstić information content (AvgIpc) is 2.42. The van der Waals surface area contributed by atoms with Crippen LogP contribution in [0.25, 0.3) is 0 Å². The predicted octanol–water partition coefficient (Wildman–Crippen LogP) is 4.29. The lowest BCUT2D eigenvalue weighted by Crippen LogP contribution is -2.12. The van der Waals surface area contributed by atoms with Gasteiger partial charge in [-0.3, -0.25) is 4.79 Å². The Labute approximate surface area is 118 Å². The van der Waals surface area contributed by atoms with Gasteiger partial charge >= 0.3 is 0 Å². The van der Waals surface area contributed by atoms with Gasteiger partial charge in [0.05, 0.1) is 0 Å². The molecule has 98 valence electrons. The number of amides is 1. The van der Waals surface area contributed by atoms with Crippen LogP contribution in [0.4, 0.5) is 5.69 Å². The lowest BCUT2D eigenvalue weighted by molar-refractivity contribution is 0.102. The molecule has 2 aromatic carbocycles. The van der Waals surface area contributed by atoms with E-state index >= 15 is 0 Å². The number of nitrogens with one attached hydrogen (secondary N) is 1. The molecule has 0 heterocycles.